The molecule has 0 aliphatic carbocycles. The van der Waals surface area contributed by atoms with E-state index in [4.69, 9.17) is 14.2 Å². The first-order valence-corrected chi connectivity index (χ1v) is 32.7. The third kappa shape index (κ3) is 63.0. The van der Waals surface area contributed by atoms with Crippen molar-refractivity contribution in [3.05, 3.63) is 97.2 Å². The number of carbonyl (C=O) groups excluding carboxylic acids is 3. The summed E-state index contributed by atoms with van der Waals surface area (Å²) in [6.07, 6.45) is 87.0. The largest absolute Gasteiger partial charge is 0.462 e. The molecule has 0 amide bonds. The molecule has 0 heterocycles. The van der Waals surface area contributed by atoms with Crippen LogP contribution in [0.1, 0.15) is 316 Å². The number of ether oxygens (including phenoxy) is 3. The number of carbonyl (C=O) groups is 3. The van der Waals surface area contributed by atoms with Gasteiger partial charge in [-0.3, -0.25) is 14.4 Å². The minimum Gasteiger partial charge on any atom is -0.462 e. The van der Waals surface area contributed by atoms with Crippen LogP contribution in [-0.2, 0) is 28.6 Å². The van der Waals surface area contributed by atoms with Crippen LogP contribution in [0.25, 0.3) is 0 Å². The quantitative estimate of drug-likeness (QED) is 0.0261. The maximum atomic E-state index is 12.9. The number of rotatable bonds is 59. The van der Waals surface area contributed by atoms with Crippen molar-refractivity contribution in [2.45, 2.75) is 322 Å². The second kappa shape index (κ2) is 64.9. The van der Waals surface area contributed by atoms with Crippen molar-refractivity contribution < 1.29 is 28.6 Å². The zero-order chi connectivity index (χ0) is 55.7. The molecule has 0 aromatic rings. The Balaban J connectivity index is 4.28. The lowest BCUT2D eigenvalue weighted by Gasteiger charge is -2.18. The molecule has 0 fully saturated rings. The van der Waals surface area contributed by atoms with Gasteiger partial charge < -0.3 is 14.2 Å². The van der Waals surface area contributed by atoms with Gasteiger partial charge in [-0.05, 0) is 83.5 Å². The SMILES string of the molecule is CC/C=C\C/C=C\C/C=C\C/C=C\C/C=C\C/C=C\C/C=C\C/C=C\CCCCCCCCC(=O)OCC(COC(=O)CCCCCCCCCCCCCC)OC(=O)CCCCCCCCCCCCCCCCCC. The Morgan fingerprint density at radius 1 is 0.273 bits per heavy atom. The van der Waals surface area contributed by atoms with E-state index in [2.05, 4.69) is 118 Å². The molecule has 0 aliphatic heterocycles. The molecule has 0 bridgehead atoms. The van der Waals surface area contributed by atoms with Gasteiger partial charge in [0.05, 0.1) is 0 Å². The monoisotopic (exact) mass is 1070 g/mol. The third-order valence-corrected chi connectivity index (χ3v) is 14.1. The molecule has 0 aliphatic rings. The zero-order valence-corrected chi connectivity index (χ0v) is 50.7. The zero-order valence-electron chi connectivity index (χ0n) is 50.7. The molecule has 77 heavy (non-hydrogen) atoms. The van der Waals surface area contributed by atoms with Gasteiger partial charge in [-0.1, -0.05) is 311 Å². The Kier molecular flexibility index (Phi) is 61.8. The Labute approximate surface area is 477 Å². The minimum atomic E-state index is -0.781. The van der Waals surface area contributed by atoms with Crippen LogP contribution in [0.3, 0.4) is 0 Å². The van der Waals surface area contributed by atoms with Gasteiger partial charge in [0.2, 0.25) is 0 Å². The molecule has 0 rings (SSSR count). The number of unbranched alkanes of at least 4 members (excludes halogenated alkanes) is 32. The first kappa shape index (κ1) is 73.3. The summed E-state index contributed by atoms with van der Waals surface area (Å²) >= 11 is 0. The summed E-state index contributed by atoms with van der Waals surface area (Å²) in [6, 6.07) is 0. The number of hydrogen-bond donors (Lipinski definition) is 0. The highest BCUT2D eigenvalue weighted by Crippen LogP contribution is 2.17. The smallest absolute Gasteiger partial charge is 0.306 e. The standard InChI is InChI=1S/C71H122O6/c1-4-7-10-13-16-19-22-25-27-29-30-31-32-33-34-35-36-37-38-39-40-41-42-43-45-46-49-52-55-58-61-64-70(73)76-67-68(66-75-69(72)63-60-57-54-51-48-24-21-18-15-12-9-6-3)77-71(74)65-62-59-56-53-50-47-44-28-26-23-20-17-14-11-8-5-2/h7,10,16,19,25,27,30-31,33-34,36-37,39-40,42-43,68H,4-6,8-9,11-15,17-18,20-24,26,28-29,32,35,38,41,44-67H2,1-3H3/b10-7-,19-16-,27-25-,31-30-,34-33-,37-36-,40-39-,43-42-. The number of hydrogen-bond acceptors (Lipinski definition) is 6. The minimum absolute atomic E-state index is 0.0774. The van der Waals surface area contributed by atoms with Gasteiger partial charge in [0.1, 0.15) is 13.2 Å². The topological polar surface area (TPSA) is 78.9 Å². The van der Waals surface area contributed by atoms with Gasteiger partial charge in [0.25, 0.3) is 0 Å². The molecule has 0 aromatic heterocycles. The lowest BCUT2D eigenvalue weighted by atomic mass is 10.0. The summed E-state index contributed by atoms with van der Waals surface area (Å²) in [7, 11) is 0. The fourth-order valence-electron chi connectivity index (χ4n) is 9.23. The average molecular weight is 1070 g/mol. The van der Waals surface area contributed by atoms with Crippen molar-refractivity contribution in [2.24, 2.45) is 0 Å². The van der Waals surface area contributed by atoms with E-state index in [0.717, 1.165) is 122 Å². The van der Waals surface area contributed by atoms with Crippen molar-refractivity contribution in [2.75, 3.05) is 13.2 Å². The van der Waals surface area contributed by atoms with Gasteiger partial charge in [0.15, 0.2) is 6.10 Å². The molecule has 1 unspecified atom stereocenters. The van der Waals surface area contributed by atoms with E-state index in [0.29, 0.717) is 19.3 Å². The highest BCUT2D eigenvalue weighted by molar-refractivity contribution is 5.71. The van der Waals surface area contributed by atoms with Crippen LogP contribution in [-0.4, -0.2) is 37.2 Å². The van der Waals surface area contributed by atoms with Crippen LogP contribution in [0.4, 0.5) is 0 Å². The molecule has 1 atom stereocenters. The molecule has 0 saturated heterocycles. The molecule has 442 valence electrons. The second-order valence-corrected chi connectivity index (χ2v) is 21.7. The van der Waals surface area contributed by atoms with E-state index >= 15 is 0 Å². The fraction of sp³-hybridized carbons (Fsp3) is 0.732. The van der Waals surface area contributed by atoms with Gasteiger partial charge in [0, 0.05) is 19.3 Å². The van der Waals surface area contributed by atoms with Crippen molar-refractivity contribution in [1.82, 2.24) is 0 Å². The highest BCUT2D eigenvalue weighted by atomic mass is 16.6. The lowest BCUT2D eigenvalue weighted by Crippen LogP contribution is -2.30. The maximum Gasteiger partial charge on any atom is 0.306 e. The van der Waals surface area contributed by atoms with Crippen LogP contribution in [0.5, 0.6) is 0 Å². The molecule has 0 spiro atoms. The van der Waals surface area contributed by atoms with Crippen LogP contribution in [0, 0.1) is 0 Å². The molecule has 6 nitrogen and oxygen atoms in total. The van der Waals surface area contributed by atoms with E-state index < -0.39 is 6.10 Å². The van der Waals surface area contributed by atoms with E-state index in [1.54, 1.807) is 0 Å². The highest BCUT2D eigenvalue weighted by Gasteiger charge is 2.19. The summed E-state index contributed by atoms with van der Waals surface area (Å²) in [5.74, 6) is -0.879. The van der Waals surface area contributed by atoms with Crippen LogP contribution >= 0.6 is 0 Å². The van der Waals surface area contributed by atoms with Crippen LogP contribution in [0.2, 0.25) is 0 Å². The van der Waals surface area contributed by atoms with Crippen LogP contribution in [0.15, 0.2) is 97.2 Å². The third-order valence-electron chi connectivity index (χ3n) is 14.1. The van der Waals surface area contributed by atoms with Crippen molar-refractivity contribution >= 4 is 17.9 Å². The Morgan fingerprint density at radius 3 is 0.792 bits per heavy atom. The average Bonchev–Trinajstić information content (AvgIpc) is 3.43. The lowest BCUT2D eigenvalue weighted by molar-refractivity contribution is -0.167. The molecular weight excluding hydrogens is 949 g/mol. The summed E-state index contributed by atoms with van der Waals surface area (Å²) in [5, 5.41) is 0. The fourth-order valence-corrected chi connectivity index (χ4v) is 9.23. The number of allylic oxidation sites excluding steroid dienone is 16. The van der Waals surface area contributed by atoms with Crippen molar-refractivity contribution in [1.29, 1.82) is 0 Å². The predicted octanol–water partition coefficient (Wildman–Crippen LogP) is 22.4. The summed E-state index contributed by atoms with van der Waals surface area (Å²) in [5.41, 5.74) is 0. The van der Waals surface area contributed by atoms with E-state index in [9.17, 15) is 14.4 Å². The maximum absolute atomic E-state index is 12.9. The molecule has 0 radical (unpaired) electrons. The van der Waals surface area contributed by atoms with Crippen molar-refractivity contribution in [3.63, 3.8) is 0 Å². The first-order chi connectivity index (χ1) is 38.0. The van der Waals surface area contributed by atoms with Gasteiger partial charge in [-0.15, -0.1) is 0 Å². The normalized spacial score (nSPS) is 12.7. The Hall–Kier alpha value is -3.67. The molecule has 6 heteroatoms. The van der Waals surface area contributed by atoms with E-state index in [1.165, 1.54) is 154 Å². The van der Waals surface area contributed by atoms with E-state index in [1.807, 2.05) is 0 Å². The summed E-state index contributed by atoms with van der Waals surface area (Å²) in [4.78, 5) is 38.3. The Morgan fingerprint density at radius 2 is 0.506 bits per heavy atom. The van der Waals surface area contributed by atoms with Crippen molar-refractivity contribution in [3.8, 4) is 0 Å². The van der Waals surface area contributed by atoms with Gasteiger partial charge >= 0.3 is 17.9 Å². The van der Waals surface area contributed by atoms with Gasteiger partial charge in [-0.25, -0.2) is 0 Å². The van der Waals surface area contributed by atoms with Crippen LogP contribution < -0.4 is 0 Å². The van der Waals surface area contributed by atoms with Gasteiger partial charge in [-0.2, -0.15) is 0 Å². The number of esters is 3. The summed E-state index contributed by atoms with van der Waals surface area (Å²) < 4.78 is 16.9. The molecular formula is C71H122O6. The predicted molar refractivity (Wildman–Crippen MR) is 334 cm³/mol. The van der Waals surface area contributed by atoms with E-state index in [-0.39, 0.29) is 31.1 Å². The summed E-state index contributed by atoms with van der Waals surface area (Å²) in [6.45, 7) is 6.54. The first-order valence-electron chi connectivity index (χ1n) is 32.7. The molecule has 0 saturated carbocycles. The molecule has 0 aromatic carbocycles. The second-order valence-electron chi connectivity index (χ2n) is 21.7. The molecule has 0 N–H and O–H groups in total. The Bertz CT molecular complexity index is 1510.